The number of halogens is 3. The summed E-state index contributed by atoms with van der Waals surface area (Å²) in [5, 5.41) is 23.8. The van der Waals surface area contributed by atoms with Crippen molar-refractivity contribution >= 4 is 27.5 Å². The highest BCUT2D eigenvalue weighted by atomic mass is 19.1. The van der Waals surface area contributed by atoms with Crippen LogP contribution < -0.4 is 15.2 Å². The zero-order valence-corrected chi connectivity index (χ0v) is 24.1. The van der Waals surface area contributed by atoms with Gasteiger partial charge in [-0.25, -0.2) is 18.6 Å². The number of aromatic hydroxyl groups is 1. The van der Waals surface area contributed by atoms with E-state index in [2.05, 4.69) is 31.2 Å². The molecule has 2 aromatic carbocycles. The molecule has 3 fully saturated rings. The Hall–Kier alpha value is -4.18. The molecule has 44 heavy (non-hydrogen) atoms. The third kappa shape index (κ3) is 4.76. The van der Waals surface area contributed by atoms with Gasteiger partial charge in [0.15, 0.2) is 11.6 Å². The van der Waals surface area contributed by atoms with Crippen molar-refractivity contribution in [3.05, 3.63) is 47.7 Å². The second-order valence-electron chi connectivity index (χ2n) is 12.3. The standard InChI is InChI=1S/C32H31F3N6O3/c1-3-21-24(34)6-5-18-11-20(42)12-22(25(18)21)27-26(35)28-23(14-36-27)29(41-16-31(2,43)8-9-37-41)39-30(38-28)44-17-32-7-4-10-40(32)15-19(33)13-32/h1,5-6,11-12,14,19,37,42-43H,4,7-10,13,15-17H2,2H3/t19-,31?,32+/m1/s1. The summed E-state index contributed by atoms with van der Waals surface area (Å²) in [6, 6.07) is 5.22. The van der Waals surface area contributed by atoms with Gasteiger partial charge in [-0.2, -0.15) is 9.97 Å². The number of nitrogens with zero attached hydrogens (tertiary/aromatic N) is 5. The van der Waals surface area contributed by atoms with Gasteiger partial charge in [-0.3, -0.25) is 14.9 Å². The molecule has 3 aliphatic heterocycles. The highest BCUT2D eigenvalue weighted by Crippen LogP contribution is 2.42. The van der Waals surface area contributed by atoms with Gasteiger partial charge in [0.05, 0.1) is 28.6 Å². The van der Waals surface area contributed by atoms with Crippen LogP contribution in [-0.4, -0.2) is 80.2 Å². The van der Waals surface area contributed by atoms with E-state index in [1.165, 1.54) is 30.5 Å². The van der Waals surface area contributed by atoms with Crippen LogP contribution in [0.15, 0.2) is 30.5 Å². The van der Waals surface area contributed by atoms with E-state index < -0.39 is 28.9 Å². The first kappa shape index (κ1) is 28.6. The Kier molecular flexibility index (Phi) is 6.80. The van der Waals surface area contributed by atoms with Gasteiger partial charge < -0.3 is 14.9 Å². The maximum absolute atomic E-state index is 16.7. The fourth-order valence-corrected chi connectivity index (χ4v) is 6.97. The Balaban J connectivity index is 1.39. The number of hydrogen-bond donors (Lipinski definition) is 3. The number of phenols is 1. The molecule has 0 aliphatic carbocycles. The molecular formula is C32H31F3N6O3. The Bertz CT molecular complexity index is 1850. The molecule has 7 rings (SSSR count). The van der Waals surface area contributed by atoms with Crippen molar-refractivity contribution in [1.29, 1.82) is 0 Å². The molecule has 0 saturated carbocycles. The second-order valence-corrected chi connectivity index (χ2v) is 12.3. The molecule has 2 aromatic heterocycles. The first-order valence-corrected chi connectivity index (χ1v) is 14.6. The summed E-state index contributed by atoms with van der Waals surface area (Å²) in [5.41, 5.74) is 1.33. The quantitative estimate of drug-likeness (QED) is 0.289. The molecule has 1 unspecified atom stereocenters. The number of aromatic nitrogens is 3. The third-order valence-corrected chi connectivity index (χ3v) is 9.05. The van der Waals surface area contributed by atoms with Gasteiger partial charge in [0.1, 0.15) is 35.6 Å². The number of anilines is 1. The predicted molar refractivity (Wildman–Crippen MR) is 159 cm³/mol. The molecule has 5 heterocycles. The minimum absolute atomic E-state index is 0.0888. The number of hydrogen-bond acceptors (Lipinski definition) is 9. The van der Waals surface area contributed by atoms with Crippen LogP contribution >= 0.6 is 0 Å². The average Bonchev–Trinajstić information content (AvgIpc) is 3.51. The monoisotopic (exact) mass is 604 g/mol. The van der Waals surface area contributed by atoms with Crippen molar-refractivity contribution in [2.45, 2.75) is 49.9 Å². The lowest BCUT2D eigenvalue weighted by Gasteiger charge is -2.38. The Morgan fingerprint density at radius 1 is 1.23 bits per heavy atom. The number of nitrogens with one attached hydrogen (secondary N) is 1. The highest BCUT2D eigenvalue weighted by Gasteiger charge is 2.49. The SMILES string of the molecule is C#Cc1c(F)ccc2cc(O)cc(-c3ncc4c(N5CC(C)(O)CCN5)nc(OC[C@@]56CCCN5C[C@H](F)C6)nc4c3F)c12. The molecule has 0 bridgehead atoms. The van der Waals surface area contributed by atoms with Crippen molar-refractivity contribution in [3.8, 4) is 35.4 Å². The van der Waals surface area contributed by atoms with Crippen molar-refractivity contribution in [1.82, 2.24) is 25.3 Å². The minimum atomic E-state index is -1.05. The molecule has 228 valence electrons. The number of benzene rings is 2. The smallest absolute Gasteiger partial charge is 0.319 e. The van der Waals surface area contributed by atoms with Gasteiger partial charge in [-0.1, -0.05) is 12.0 Å². The van der Waals surface area contributed by atoms with Gasteiger partial charge in [0, 0.05) is 36.7 Å². The maximum Gasteiger partial charge on any atom is 0.319 e. The van der Waals surface area contributed by atoms with Crippen LogP contribution in [0.5, 0.6) is 11.8 Å². The first-order valence-electron chi connectivity index (χ1n) is 14.6. The van der Waals surface area contributed by atoms with Gasteiger partial charge >= 0.3 is 6.01 Å². The number of phenolic OH excluding ortho intramolecular Hbond substituents is 1. The summed E-state index contributed by atoms with van der Waals surface area (Å²) < 4.78 is 51.9. The van der Waals surface area contributed by atoms with Crippen molar-refractivity contribution in [3.63, 3.8) is 0 Å². The van der Waals surface area contributed by atoms with Crippen LogP contribution in [0.4, 0.5) is 19.0 Å². The summed E-state index contributed by atoms with van der Waals surface area (Å²) in [6.45, 7) is 3.55. The zero-order chi connectivity index (χ0) is 30.8. The van der Waals surface area contributed by atoms with Crippen molar-refractivity contribution in [2.75, 3.05) is 37.8 Å². The Morgan fingerprint density at radius 2 is 2.07 bits per heavy atom. The molecule has 4 aromatic rings. The van der Waals surface area contributed by atoms with E-state index in [9.17, 15) is 19.0 Å². The molecule has 3 atom stereocenters. The van der Waals surface area contributed by atoms with Crippen LogP contribution in [0.3, 0.4) is 0 Å². The maximum atomic E-state index is 16.7. The molecule has 3 aliphatic rings. The lowest BCUT2D eigenvalue weighted by Crippen LogP contribution is -2.55. The number of pyridine rings is 1. The Labute approximate surface area is 251 Å². The third-order valence-electron chi connectivity index (χ3n) is 9.05. The molecule has 3 N–H and O–H groups in total. The lowest BCUT2D eigenvalue weighted by molar-refractivity contribution is 0.0412. The molecule has 0 spiro atoms. The van der Waals surface area contributed by atoms with E-state index >= 15 is 4.39 Å². The van der Waals surface area contributed by atoms with E-state index in [4.69, 9.17) is 11.2 Å². The first-order chi connectivity index (χ1) is 21.1. The molecular weight excluding hydrogens is 573 g/mol. The van der Waals surface area contributed by atoms with Crippen LogP contribution in [0, 0.1) is 24.0 Å². The number of rotatable bonds is 5. The van der Waals surface area contributed by atoms with Gasteiger partial charge in [0.2, 0.25) is 0 Å². The van der Waals surface area contributed by atoms with E-state index in [-0.39, 0.29) is 63.8 Å². The summed E-state index contributed by atoms with van der Waals surface area (Å²) in [4.78, 5) is 15.6. The molecule has 12 heteroatoms. The molecule has 0 radical (unpaired) electrons. The second kappa shape index (κ2) is 10.5. The number of terminal acetylenes is 1. The topological polar surface area (TPSA) is 107 Å². The predicted octanol–water partition coefficient (Wildman–Crippen LogP) is 4.23. The fraction of sp³-hybridized carbons (Fsp3) is 0.406. The minimum Gasteiger partial charge on any atom is -0.508 e. The summed E-state index contributed by atoms with van der Waals surface area (Å²) >= 11 is 0. The normalized spacial score (nSPS) is 25.5. The van der Waals surface area contributed by atoms with Crippen LogP contribution in [0.25, 0.3) is 32.9 Å². The Morgan fingerprint density at radius 3 is 2.86 bits per heavy atom. The molecule has 0 amide bonds. The zero-order valence-electron chi connectivity index (χ0n) is 24.1. The number of β-amino-alcohol motifs (C(OH)–C–C–N with tert-alkyl or cyclic N) is 1. The van der Waals surface area contributed by atoms with Crippen LogP contribution in [0.1, 0.15) is 38.2 Å². The highest BCUT2D eigenvalue weighted by molar-refractivity contribution is 6.03. The van der Waals surface area contributed by atoms with E-state index in [1.54, 1.807) is 11.9 Å². The number of aliphatic hydroxyl groups is 1. The molecule has 9 nitrogen and oxygen atoms in total. The van der Waals surface area contributed by atoms with Gasteiger partial charge in [-0.15, -0.1) is 6.42 Å². The van der Waals surface area contributed by atoms with Crippen LogP contribution in [-0.2, 0) is 0 Å². The molecule has 3 saturated heterocycles. The summed E-state index contributed by atoms with van der Waals surface area (Å²) in [6.07, 6.45) is 8.61. The summed E-state index contributed by atoms with van der Waals surface area (Å²) in [5.74, 6) is 0.875. The lowest BCUT2D eigenvalue weighted by atomic mass is 9.95. The van der Waals surface area contributed by atoms with E-state index in [1.807, 2.05) is 0 Å². The largest absolute Gasteiger partial charge is 0.508 e. The number of alkyl halides is 1. The van der Waals surface area contributed by atoms with E-state index in [0.717, 1.165) is 19.4 Å². The number of fused-ring (bicyclic) bond motifs is 3. The van der Waals surface area contributed by atoms with E-state index in [0.29, 0.717) is 31.3 Å². The van der Waals surface area contributed by atoms with Crippen molar-refractivity contribution in [2.24, 2.45) is 0 Å². The number of ether oxygens (including phenoxy) is 1. The average molecular weight is 605 g/mol. The van der Waals surface area contributed by atoms with Gasteiger partial charge in [0.25, 0.3) is 0 Å². The fourth-order valence-electron chi connectivity index (χ4n) is 6.97. The summed E-state index contributed by atoms with van der Waals surface area (Å²) in [7, 11) is 0. The van der Waals surface area contributed by atoms with Crippen molar-refractivity contribution < 1.29 is 28.1 Å². The number of hydrazine groups is 1. The van der Waals surface area contributed by atoms with Crippen LogP contribution in [0.2, 0.25) is 0 Å². The van der Waals surface area contributed by atoms with Gasteiger partial charge in [-0.05, 0) is 56.3 Å².